The summed E-state index contributed by atoms with van der Waals surface area (Å²) in [6.45, 7) is 4.42. The van der Waals surface area contributed by atoms with E-state index in [2.05, 4.69) is 4.90 Å². The zero-order valence-electron chi connectivity index (χ0n) is 16.5. The van der Waals surface area contributed by atoms with Crippen LogP contribution in [-0.4, -0.2) is 60.9 Å². The third-order valence-corrected chi connectivity index (χ3v) is 8.58. The average Bonchev–Trinajstić information content (AvgIpc) is 2.61. The normalized spacial score (nSPS) is 20.6. The molecule has 1 heterocycles. The number of ketones is 1. The average molecular weight is 428 g/mol. The first-order chi connectivity index (χ1) is 13.3. The number of nitrogens with zero attached hydrogens (tertiary/aromatic N) is 2. The molecule has 0 atom stereocenters. The predicted octanol–water partition coefficient (Wildman–Crippen LogP) is 3.17. The van der Waals surface area contributed by atoms with Crippen molar-refractivity contribution in [3.8, 4) is 0 Å². The molecule has 156 valence electrons. The van der Waals surface area contributed by atoms with Gasteiger partial charge in [0.1, 0.15) is 0 Å². The Morgan fingerprint density at radius 3 is 2.43 bits per heavy atom. The first kappa shape index (κ1) is 21.6. The molecule has 2 aliphatic rings. The van der Waals surface area contributed by atoms with Crippen LogP contribution < -0.4 is 5.73 Å². The first-order valence-corrected chi connectivity index (χ1v) is 12.1. The fraction of sp³-hybridized carbons (Fsp3) is 0.650. The molecule has 0 spiro atoms. The number of piperazine rings is 1. The van der Waals surface area contributed by atoms with Crippen molar-refractivity contribution in [3.05, 3.63) is 28.8 Å². The fourth-order valence-corrected chi connectivity index (χ4v) is 6.22. The summed E-state index contributed by atoms with van der Waals surface area (Å²) in [6.07, 6.45) is 5.07. The summed E-state index contributed by atoms with van der Waals surface area (Å²) in [4.78, 5) is 15.1. The second kappa shape index (κ2) is 8.69. The van der Waals surface area contributed by atoms with Gasteiger partial charge in [0.15, 0.2) is 5.78 Å². The molecule has 2 fully saturated rings. The molecule has 3 rings (SSSR count). The molecule has 6 nitrogen and oxygen atoms in total. The Morgan fingerprint density at radius 2 is 1.89 bits per heavy atom. The third-order valence-electron chi connectivity index (χ3n) is 6.19. The van der Waals surface area contributed by atoms with Gasteiger partial charge in [-0.25, -0.2) is 8.42 Å². The van der Waals surface area contributed by atoms with Crippen LogP contribution in [-0.2, 0) is 10.0 Å². The van der Waals surface area contributed by atoms with E-state index < -0.39 is 10.0 Å². The number of nitrogen functional groups attached to an aromatic ring is 1. The summed E-state index contributed by atoms with van der Waals surface area (Å²) in [7, 11) is -3.14. The van der Waals surface area contributed by atoms with Gasteiger partial charge in [0, 0.05) is 43.8 Å². The maximum Gasteiger partial charge on any atom is 0.214 e. The summed E-state index contributed by atoms with van der Waals surface area (Å²) in [6, 6.07) is 5.14. The Kier molecular flexibility index (Phi) is 6.69. The molecule has 1 aromatic rings. The van der Waals surface area contributed by atoms with Crippen molar-refractivity contribution >= 4 is 33.1 Å². The van der Waals surface area contributed by atoms with E-state index in [0.29, 0.717) is 42.2 Å². The van der Waals surface area contributed by atoms with Crippen molar-refractivity contribution in [3.63, 3.8) is 0 Å². The molecule has 0 amide bonds. The van der Waals surface area contributed by atoms with Crippen molar-refractivity contribution < 1.29 is 13.2 Å². The zero-order chi connectivity index (χ0) is 20.4. The van der Waals surface area contributed by atoms with Crippen LogP contribution in [0, 0.1) is 0 Å². The molecule has 0 unspecified atom stereocenters. The number of nitrogens with two attached hydrogens (primary N) is 1. The molecule has 0 radical (unpaired) electrons. The summed E-state index contributed by atoms with van der Waals surface area (Å²) in [5.74, 6) is 0.199. The minimum Gasteiger partial charge on any atom is -0.398 e. The number of sulfonamides is 1. The van der Waals surface area contributed by atoms with E-state index in [4.69, 9.17) is 17.3 Å². The maximum absolute atomic E-state index is 12.7. The molecule has 1 aliphatic heterocycles. The van der Waals surface area contributed by atoms with Gasteiger partial charge in [0.2, 0.25) is 10.0 Å². The summed E-state index contributed by atoms with van der Waals surface area (Å²) < 4.78 is 26.2. The number of hydrogen-bond acceptors (Lipinski definition) is 5. The Hall–Kier alpha value is -1.15. The van der Waals surface area contributed by atoms with E-state index in [1.54, 1.807) is 22.5 Å². The molecule has 0 bridgehead atoms. The van der Waals surface area contributed by atoms with Gasteiger partial charge in [-0.3, -0.25) is 9.69 Å². The van der Waals surface area contributed by atoms with Gasteiger partial charge in [0.25, 0.3) is 0 Å². The van der Waals surface area contributed by atoms with Crippen molar-refractivity contribution in [2.45, 2.75) is 51.0 Å². The fourth-order valence-electron chi connectivity index (χ4n) is 4.44. The van der Waals surface area contributed by atoms with Crippen molar-refractivity contribution in [1.82, 2.24) is 9.21 Å². The largest absolute Gasteiger partial charge is 0.398 e. The van der Waals surface area contributed by atoms with E-state index in [1.165, 1.54) is 0 Å². The van der Waals surface area contributed by atoms with E-state index in [0.717, 1.165) is 38.8 Å². The minimum atomic E-state index is -3.14. The first-order valence-electron chi connectivity index (χ1n) is 10.1. The Bertz CT molecular complexity index is 796. The lowest BCUT2D eigenvalue weighted by Crippen LogP contribution is -2.61. The van der Waals surface area contributed by atoms with Gasteiger partial charge in [-0.2, -0.15) is 4.31 Å². The van der Waals surface area contributed by atoms with Gasteiger partial charge in [-0.05, 0) is 44.2 Å². The van der Waals surface area contributed by atoms with Crippen LogP contribution in [0.1, 0.15) is 55.8 Å². The van der Waals surface area contributed by atoms with Crippen LogP contribution in [0.15, 0.2) is 18.2 Å². The highest BCUT2D eigenvalue weighted by Crippen LogP contribution is 2.42. The lowest BCUT2D eigenvalue weighted by Gasteiger charge is -2.53. The molecule has 8 heteroatoms. The quantitative estimate of drug-likeness (QED) is 0.508. The molecular formula is C20H30ClN3O3S. The van der Waals surface area contributed by atoms with Crippen LogP contribution in [0.5, 0.6) is 0 Å². The zero-order valence-corrected chi connectivity index (χ0v) is 18.1. The Balaban J connectivity index is 1.61. The molecule has 0 aromatic heterocycles. The number of carbonyl (C=O) groups excluding carboxylic acids is 1. The predicted molar refractivity (Wildman–Crippen MR) is 113 cm³/mol. The molecule has 1 aliphatic carbocycles. The Morgan fingerprint density at radius 1 is 1.21 bits per heavy atom. The highest BCUT2D eigenvalue weighted by molar-refractivity contribution is 7.89. The topological polar surface area (TPSA) is 83.7 Å². The summed E-state index contributed by atoms with van der Waals surface area (Å²) in [5.41, 5.74) is 6.81. The summed E-state index contributed by atoms with van der Waals surface area (Å²) >= 11 is 6.18. The lowest BCUT2D eigenvalue weighted by atomic mass is 9.71. The number of carbonyl (C=O) groups is 1. The van der Waals surface area contributed by atoms with Crippen LogP contribution in [0.2, 0.25) is 5.02 Å². The van der Waals surface area contributed by atoms with Crippen LogP contribution in [0.25, 0.3) is 0 Å². The molecule has 1 aromatic carbocycles. The van der Waals surface area contributed by atoms with Crippen LogP contribution in [0.3, 0.4) is 0 Å². The number of benzene rings is 1. The maximum atomic E-state index is 12.7. The van der Waals surface area contributed by atoms with E-state index in [9.17, 15) is 13.2 Å². The van der Waals surface area contributed by atoms with E-state index in [1.807, 2.05) is 6.92 Å². The minimum absolute atomic E-state index is 0.00624. The highest BCUT2D eigenvalue weighted by atomic mass is 35.5. The van der Waals surface area contributed by atoms with E-state index in [-0.39, 0.29) is 17.1 Å². The number of rotatable bonds is 8. The Labute approximate surface area is 173 Å². The van der Waals surface area contributed by atoms with Crippen LogP contribution >= 0.6 is 11.6 Å². The molecule has 1 saturated carbocycles. The standard InChI is InChI=1S/C20H30ClN3O3S/c1-2-15-28(26,27)24-13-11-23(12-14-24)20(8-4-9-20)10-7-18(25)19-16(21)5-3-6-17(19)22/h3,5-6H,2,4,7-15,22H2,1H3. The monoisotopic (exact) mass is 427 g/mol. The number of hydrogen-bond donors (Lipinski definition) is 1. The van der Waals surface area contributed by atoms with Crippen molar-refractivity contribution in [1.29, 1.82) is 0 Å². The molecule has 1 saturated heterocycles. The lowest BCUT2D eigenvalue weighted by molar-refractivity contribution is -0.0121. The van der Waals surface area contributed by atoms with E-state index >= 15 is 0 Å². The molecule has 28 heavy (non-hydrogen) atoms. The van der Waals surface area contributed by atoms with Crippen LogP contribution in [0.4, 0.5) is 5.69 Å². The van der Waals surface area contributed by atoms with Gasteiger partial charge in [-0.1, -0.05) is 24.6 Å². The third kappa shape index (κ3) is 4.37. The molecule has 2 N–H and O–H groups in total. The smallest absolute Gasteiger partial charge is 0.214 e. The SMILES string of the molecule is CCCS(=O)(=O)N1CCN(C2(CCC(=O)c3c(N)cccc3Cl)CCC2)CC1. The number of halogens is 1. The number of Topliss-reactive ketones (excluding diaryl/α,β-unsaturated/α-hetero) is 1. The van der Waals surface area contributed by atoms with Gasteiger partial charge in [0.05, 0.1) is 16.3 Å². The van der Waals surface area contributed by atoms with Crippen molar-refractivity contribution in [2.24, 2.45) is 0 Å². The second-order valence-electron chi connectivity index (χ2n) is 7.91. The highest BCUT2D eigenvalue weighted by Gasteiger charge is 2.44. The number of anilines is 1. The van der Waals surface area contributed by atoms with Gasteiger partial charge in [-0.15, -0.1) is 0 Å². The summed E-state index contributed by atoms with van der Waals surface area (Å²) in [5, 5.41) is 0.405. The molecular weight excluding hydrogens is 398 g/mol. The van der Waals surface area contributed by atoms with Gasteiger partial charge >= 0.3 is 0 Å². The van der Waals surface area contributed by atoms with Crippen molar-refractivity contribution in [2.75, 3.05) is 37.7 Å². The second-order valence-corrected chi connectivity index (χ2v) is 10.4. The van der Waals surface area contributed by atoms with Gasteiger partial charge < -0.3 is 5.73 Å².